The quantitative estimate of drug-likeness (QED) is 0.164. The van der Waals surface area contributed by atoms with Crippen LogP contribution in [0.25, 0.3) is 0 Å². The predicted molar refractivity (Wildman–Crippen MR) is 78.3 cm³/mol. The van der Waals surface area contributed by atoms with E-state index < -0.39 is 61.4 Å². The normalized spacial score (nSPS) is 11.5. The zero-order valence-electron chi connectivity index (χ0n) is 11.4. The summed E-state index contributed by atoms with van der Waals surface area (Å²) in [6.07, 6.45) is 0. The molecule has 134 valence electrons. The molecule has 0 spiro atoms. The number of hydrogen-bond acceptors (Lipinski definition) is 5. The molecule has 0 aliphatic heterocycles. The Balaban J connectivity index is 2.61. The second kappa shape index (κ2) is 6.84. The zero-order chi connectivity index (χ0) is 19.1. The van der Waals surface area contributed by atoms with Gasteiger partial charge in [-0.05, 0) is 34.7 Å². The lowest BCUT2D eigenvalue weighted by molar-refractivity contribution is 0.0710. The summed E-state index contributed by atoms with van der Waals surface area (Å²) >= 11 is 1.49. The molecule has 0 unspecified atom stereocenters. The first-order chi connectivity index (χ1) is 11.5. The number of carbonyl (C=O) groups excluding carboxylic acids is 1. The Hall–Kier alpha value is -1.80. The molecule has 0 radical (unpaired) electrons. The maximum absolute atomic E-state index is 13.8. The Morgan fingerprint density at radius 1 is 1.00 bits per heavy atom. The summed E-state index contributed by atoms with van der Waals surface area (Å²) in [5.41, 5.74) is -0.775. The van der Waals surface area contributed by atoms with E-state index in [1.54, 1.807) is 0 Å². The van der Waals surface area contributed by atoms with Crippen LogP contribution in [0.2, 0.25) is 0 Å². The van der Waals surface area contributed by atoms with Gasteiger partial charge in [-0.15, -0.1) is 0 Å². The van der Waals surface area contributed by atoms with Crippen molar-refractivity contribution in [2.75, 3.05) is 0 Å². The topological polar surface area (TPSA) is 83.5 Å². The smallest absolute Gasteiger partial charge is 0.347 e. The molecule has 0 fully saturated rings. The minimum Gasteiger partial charge on any atom is -0.744 e. The SMILES string of the molecule is O=C(Oc1c(F)c(F)c(S(=O)(=O)[O-])c(F)c1F)c1c(F)cccc1I. The van der Waals surface area contributed by atoms with Crippen molar-refractivity contribution in [3.63, 3.8) is 0 Å². The maximum Gasteiger partial charge on any atom is 0.347 e. The molecule has 0 aliphatic rings. The van der Waals surface area contributed by atoms with Crippen LogP contribution in [0.4, 0.5) is 22.0 Å². The molecule has 5 nitrogen and oxygen atoms in total. The van der Waals surface area contributed by atoms with Crippen molar-refractivity contribution in [2.24, 2.45) is 0 Å². The Labute approximate surface area is 150 Å². The summed E-state index contributed by atoms with van der Waals surface area (Å²) in [5, 5.41) is 0. The number of benzene rings is 2. The lowest BCUT2D eigenvalue weighted by atomic mass is 10.2. The summed E-state index contributed by atoms with van der Waals surface area (Å²) in [5.74, 6) is -14.8. The minimum atomic E-state index is -5.90. The van der Waals surface area contributed by atoms with Crippen molar-refractivity contribution in [3.05, 3.63) is 56.4 Å². The first-order valence-corrected chi connectivity index (χ1v) is 8.43. The summed E-state index contributed by atoms with van der Waals surface area (Å²) in [7, 11) is -5.90. The number of ether oxygens (including phenoxy) is 1. The molecule has 25 heavy (non-hydrogen) atoms. The van der Waals surface area contributed by atoms with Gasteiger partial charge in [-0.3, -0.25) is 0 Å². The van der Waals surface area contributed by atoms with Gasteiger partial charge in [0.15, 0.2) is 11.6 Å². The molecular weight excluding hydrogens is 490 g/mol. The minimum absolute atomic E-state index is 0.0388. The van der Waals surface area contributed by atoms with Crippen LogP contribution in [0, 0.1) is 32.7 Å². The van der Waals surface area contributed by atoms with E-state index in [9.17, 15) is 39.7 Å². The zero-order valence-corrected chi connectivity index (χ0v) is 14.4. The molecule has 0 saturated heterocycles. The number of esters is 1. The van der Waals surface area contributed by atoms with E-state index in [1.165, 1.54) is 34.7 Å². The van der Waals surface area contributed by atoms with Crippen LogP contribution < -0.4 is 4.74 Å². The molecule has 2 aromatic rings. The molecule has 0 aliphatic carbocycles. The van der Waals surface area contributed by atoms with Crippen molar-refractivity contribution in [1.29, 1.82) is 0 Å². The standard InChI is InChI=1S/C13H4F5IO5S/c14-4-2-1-3-5(19)6(4)13(20)24-11-7(15)9(17)12(25(21,22)23)10(18)8(11)16/h1-3H,(H,21,22,23)/p-1. The Morgan fingerprint density at radius 3 is 1.96 bits per heavy atom. The summed E-state index contributed by atoms with van der Waals surface area (Å²) in [4.78, 5) is 9.44. The van der Waals surface area contributed by atoms with E-state index in [1.807, 2.05) is 0 Å². The van der Waals surface area contributed by atoms with E-state index in [4.69, 9.17) is 0 Å². The van der Waals surface area contributed by atoms with Gasteiger partial charge < -0.3 is 9.29 Å². The van der Waals surface area contributed by atoms with Crippen LogP contribution in [0.1, 0.15) is 10.4 Å². The average Bonchev–Trinajstić information content (AvgIpc) is 2.48. The molecule has 0 bridgehead atoms. The van der Waals surface area contributed by atoms with Crippen LogP contribution in [-0.4, -0.2) is 18.9 Å². The number of rotatable bonds is 3. The third-order valence-corrected chi connectivity index (χ3v) is 4.55. The molecule has 12 heteroatoms. The molecule has 2 aromatic carbocycles. The van der Waals surface area contributed by atoms with Gasteiger partial charge in [0.1, 0.15) is 26.4 Å². The Morgan fingerprint density at radius 2 is 1.52 bits per heavy atom. The Kier molecular flexibility index (Phi) is 5.34. The van der Waals surface area contributed by atoms with Crippen molar-refractivity contribution in [2.45, 2.75) is 4.90 Å². The highest BCUT2D eigenvalue weighted by Gasteiger charge is 2.32. The first kappa shape index (κ1) is 19.5. The van der Waals surface area contributed by atoms with Crippen molar-refractivity contribution < 1.29 is 44.5 Å². The van der Waals surface area contributed by atoms with Crippen LogP contribution >= 0.6 is 22.6 Å². The van der Waals surface area contributed by atoms with Gasteiger partial charge in [-0.1, -0.05) is 6.07 Å². The number of carbonyl (C=O) groups is 1. The molecule has 0 atom stereocenters. The van der Waals surface area contributed by atoms with Gasteiger partial charge >= 0.3 is 5.97 Å². The average molecular weight is 493 g/mol. The maximum atomic E-state index is 13.8. The van der Waals surface area contributed by atoms with E-state index >= 15 is 0 Å². The lowest BCUT2D eigenvalue weighted by Gasteiger charge is -2.14. The Bertz CT molecular complexity index is 944. The summed E-state index contributed by atoms with van der Waals surface area (Å²) in [6, 6.07) is 3.27. The first-order valence-electron chi connectivity index (χ1n) is 5.94. The van der Waals surface area contributed by atoms with E-state index in [2.05, 4.69) is 4.74 Å². The summed E-state index contributed by atoms with van der Waals surface area (Å²) < 4.78 is 104. The van der Waals surface area contributed by atoms with Gasteiger partial charge in [0.25, 0.3) is 0 Å². The molecule has 0 N–H and O–H groups in total. The predicted octanol–water partition coefficient (Wildman–Crippen LogP) is 3.11. The fourth-order valence-corrected chi connectivity index (χ4v) is 3.04. The van der Waals surface area contributed by atoms with Gasteiger partial charge in [0.2, 0.25) is 17.4 Å². The third-order valence-electron chi connectivity index (χ3n) is 2.79. The highest BCUT2D eigenvalue weighted by molar-refractivity contribution is 14.1. The van der Waals surface area contributed by atoms with E-state index in [0.29, 0.717) is 0 Å². The fraction of sp³-hybridized carbons (Fsp3) is 0. The number of halogens is 6. The molecule has 0 amide bonds. The molecule has 0 heterocycles. The van der Waals surface area contributed by atoms with Gasteiger partial charge in [-0.2, -0.15) is 8.78 Å². The van der Waals surface area contributed by atoms with Crippen LogP contribution in [-0.2, 0) is 10.1 Å². The highest BCUT2D eigenvalue weighted by Crippen LogP contribution is 2.33. The van der Waals surface area contributed by atoms with Crippen molar-refractivity contribution >= 4 is 38.7 Å². The number of hydrogen-bond donors (Lipinski definition) is 0. The van der Waals surface area contributed by atoms with Crippen molar-refractivity contribution in [3.8, 4) is 5.75 Å². The summed E-state index contributed by atoms with van der Waals surface area (Å²) in [6.45, 7) is 0. The highest BCUT2D eigenvalue weighted by atomic mass is 127. The largest absolute Gasteiger partial charge is 0.744 e. The molecule has 2 rings (SSSR count). The van der Waals surface area contributed by atoms with E-state index in [0.717, 1.165) is 6.07 Å². The van der Waals surface area contributed by atoms with Gasteiger partial charge in [-0.25, -0.2) is 26.4 Å². The monoisotopic (exact) mass is 493 g/mol. The molecule has 0 saturated carbocycles. The molecular formula is C13H3F5IO5S-. The van der Waals surface area contributed by atoms with Gasteiger partial charge in [0, 0.05) is 3.57 Å². The van der Waals surface area contributed by atoms with Crippen LogP contribution in [0.15, 0.2) is 23.1 Å². The van der Waals surface area contributed by atoms with E-state index in [-0.39, 0.29) is 3.57 Å². The lowest BCUT2D eigenvalue weighted by Crippen LogP contribution is -2.17. The van der Waals surface area contributed by atoms with Gasteiger partial charge in [0.05, 0.1) is 0 Å². The van der Waals surface area contributed by atoms with Crippen LogP contribution in [0.3, 0.4) is 0 Å². The fourth-order valence-electron chi connectivity index (χ4n) is 1.74. The molecule has 0 aromatic heterocycles. The van der Waals surface area contributed by atoms with Crippen molar-refractivity contribution in [1.82, 2.24) is 0 Å². The second-order valence-corrected chi connectivity index (χ2v) is 6.83. The van der Waals surface area contributed by atoms with Crippen LogP contribution in [0.5, 0.6) is 5.75 Å². The third kappa shape index (κ3) is 3.59. The second-order valence-electron chi connectivity index (χ2n) is 4.35.